The van der Waals surface area contributed by atoms with Crippen LogP contribution >= 0.6 is 0 Å². The molecule has 3 aromatic carbocycles. The Morgan fingerprint density at radius 2 is 1.61 bits per heavy atom. The lowest BCUT2D eigenvalue weighted by molar-refractivity contribution is -0.118. The first-order valence-corrected chi connectivity index (χ1v) is 11.9. The second-order valence-corrected chi connectivity index (χ2v) is 9.65. The molecule has 1 atom stereocenters. The molecule has 0 aliphatic heterocycles. The minimum Gasteiger partial charge on any atom is -0.495 e. The van der Waals surface area contributed by atoms with E-state index >= 15 is 0 Å². The van der Waals surface area contributed by atoms with Crippen LogP contribution in [0.5, 0.6) is 5.75 Å². The second-order valence-electron chi connectivity index (χ2n) is 7.94. The molecule has 9 heteroatoms. The lowest BCUT2D eigenvalue weighted by Crippen LogP contribution is -2.47. The van der Waals surface area contributed by atoms with E-state index in [9.17, 15) is 18.0 Å². The normalized spacial score (nSPS) is 12.4. The molecule has 0 fully saturated rings. The molecule has 33 heavy (non-hydrogen) atoms. The minimum atomic E-state index is -3.97. The van der Waals surface area contributed by atoms with E-state index in [1.165, 1.54) is 20.1 Å². The molecule has 3 aromatic rings. The molecule has 0 heterocycles. The van der Waals surface area contributed by atoms with E-state index in [0.29, 0.717) is 17.1 Å². The lowest BCUT2D eigenvalue weighted by atomic mass is 10.0. The van der Waals surface area contributed by atoms with Gasteiger partial charge in [-0.15, -0.1) is 0 Å². The summed E-state index contributed by atoms with van der Waals surface area (Å²) < 4.78 is 34.0. The largest absolute Gasteiger partial charge is 0.495 e. The van der Waals surface area contributed by atoms with Crippen LogP contribution in [0.1, 0.15) is 20.8 Å². The Morgan fingerprint density at radius 3 is 2.24 bits per heavy atom. The zero-order valence-corrected chi connectivity index (χ0v) is 19.7. The maximum atomic E-state index is 13.1. The number of carbonyl (C=O) groups excluding carboxylic acids is 2. The van der Waals surface area contributed by atoms with E-state index in [0.717, 1.165) is 10.8 Å². The molecule has 0 bridgehead atoms. The summed E-state index contributed by atoms with van der Waals surface area (Å²) in [5, 5.41) is 7.06. The minimum absolute atomic E-state index is 0.0740. The molecule has 0 saturated carbocycles. The Bertz CT molecular complexity index is 1290. The number of carbonyl (C=O) groups is 2. The zero-order valence-electron chi connectivity index (χ0n) is 18.9. The lowest BCUT2D eigenvalue weighted by Gasteiger charge is -2.22. The van der Waals surface area contributed by atoms with Gasteiger partial charge in [0.25, 0.3) is 0 Å². The highest BCUT2D eigenvalue weighted by Gasteiger charge is 2.29. The highest BCUT2D eigenvalue weighted by molar-refractivity contribution is 7.89. The van der Waals surface area contributed by atoms with Crippen molar-refractivity contribution in [1.29, 1.82) is 0 Å². The van der Waals surface area contributed by atoms with Crippen LogP contribution < -0.4 is 20.1 Å². The summed E-state index contributed by atoms with van der Waals surface area (Å²) in [6.45, 7) is 4.87. The summed E-state index contributed by atoms with van der Waals surface area (Å²) in [5.74, 6) is -0.782. The number of hydrogen-bond acceptors (Lipinski definition) is 5. The van der Waals surface area contributed by atoms with Gasteiger partial charge in [-0.1, -0.05) is 44.2 Å². The molecular weight excluding hydrogens is 442 g/mol. The molecule has 0 aromatic heterocycles. The number of fused-ring (bicyclic) bond motifs is 1. The Balaban J connectivity index is 1.86. The molecule has 0 aliphatic carbocycles. The molecule has 3 N–H and O–H groups in total. The standard InChI is InChI=1S/C24H27N3O5S/c1-15(2)23(24(29)26-21-14-19(25-16(3)28)10-12-22(21)32-4)27-33(30,31)20-11-9-17-7-5-6-8-18(17)13-20/h5-15,23,27H,1-4H3,(H,25,28)(H,26,29). The molecule has 1 unspecified atom stereocenters. The molecule has 174 valence electrons. The maximum Gasteiger partial charge on any atom is 0.242 e. The summed E-state index contributed by atoms with van der Waals surface area (Å²) in [6.07, 6.45) is 0. The SMILES string of the molecule is COc1ccc(NC(C)=O)cc1NC(=O)C(NS(=O)(=O)c1ccc2ccccc2c1)C(C)C. The highest BCUT2D eigenvalue weighted by Crippen LogP contribution is 2.28. The van der Waals surface area contributed by atoms with E-state index in [-0.39, 0.29) is 16.7 Å². The quantitative estimate of drug-likeness (QED) is 0.465. The molecule has 2 amide bonds. The highest BCUT2D eigenvalue weighted by atomic mass is 32.2. The van der Waals surface area contributed by atoms with E-state index in [2.05, 4.69) is 15.4 Å². The van der Waals surface area contributed by atoms with Crippen molar-refractivity contribution in [3.05, 3.63) is 60.7 Å². The third-order valence-corrected chi connectivity index (χ3v) is 6.48. The van der Waals surface area contributed by atoms with Crippen LogP contribution in [0.2, 0.25) is 0 Å². The first-order valence-electron chi connectivity index (χ1n) is 10.4. The van der Waals surface area contributed by atoms with Gasteiger partial charge in [-0.25, -0.2) is 8.42 Å². The molecule has 0 spiro atoms. The van der Waals surface area contributed by atoms with Gasteiger partial charge in [0.05, 0.1) is 17.7 Å². The fraction of sp³-hybridized carbons (Fsp3) is 0.250. The number of hydrogen-bond donors (Lipinski definition) is 3. The monoisotopic (exact) mass is 469 g/mol. The van der Waals surface area contributed by atoms with Crippen LogP contribution in [-0.2, 0) is 19.6 Å². The van der Waals surface area contributed by atoms with Crippen LogP contribution in [0.25, 0.3) is 10.8 Å². The van der Waals surface area contributed by atoms with Crippen molar-refractivity contribution in [2.45, 2.75) is 31.7 Å². The zero-order chi connectivity index (χ0) is 24.2. The van der Waals surface area contributed by atoms with Crippen molar-refractivity contribution in [3.63, 3.8) is 0 Å². The first kappa shape index (κ1) is 24.2. The molecule has 8 nitrogen and oxygen atoms in total. The van der Waals surface area contributed by atoms with Gasteiger partial charge in [0.1, 0.15) is 11.8 Å². The average molecular weight is 470 g/mol. The number of amides is 2. The van der Waals surface area contributed by atoms with Crippen LogP contribution in [0.3, 0.4) is 0 Å². The first-order chi connectivity index (χ1) is 15.6. The maximum absolute atomic E-state index is 13.1. The van der Waals surface area contributed by atoms with Gasteiger partial charge in [0, 0.05) is 12.6 Å². The number of rotatable bonds is 8. The van der Waals surface area contributed by atoms with Gasteiger partial charge < -0.3 is 15.4 Å². The Kier molecular flexibility index (Phi) is 7.35. The predicted molar refractivity (Wildman–Crippen MR) is 129 cm³/mol. The smallest absolute Gasteiger partial charge is 0.242 e. The van der Waals surface area contributed by atoms with Crippen LogP contribution in [-0.4, -0.2) is 33.4 Å². The van der Waals surface area contributed by atoms with Crippen molar-refractivity contribution >= 4 is 44.0 Å². The summed E-state index contributed by atoms with van der Waals surface area (Å²) in [6, 6.07) is 16.0. The van der Waals surface area contributed by atoms with Crippen molar-refractivity contribution in [3.8, 4) is 5.75 Å². The Hall–Kier alpha value is -3.43. The van der Waals surface area contributed by atoms with Crippen LogP contribution in [0.15, 0.2) is 65.6 Å². The van der Waals surface area contributed by atoms with Crippen LogP contribution in [0.4, 0.5) is 11.4 Å². The van der Waals surface area contributed by atoms with Crippen molar-refractivity contribution in [1.82, 2.24) is 4.72 Å². The fourth-order valence-corrected chi connectivity index (χ4v) is 4.74. The third-order valence-electron chi connectivity index (χ3n) is 5.04. The Labute approximate surface area is 193 Å². The second kappa shape index (κ2) is 10.0. The van der Waals surface area contributed by atoms with Crippen LogP contribution in [0, 0.1) is 5.92 Å². The van der Waals surface area contributed by atoms with E-state index < -0.39 is 22.0 Å². The number of anilines is 2. The molecular formula is C24H27N3O5S. The summed E-state index contributed by atoms with van der Waals surface area (Å²) in [5.41, 5.74) is 0.778. The summed E-state index contributed by atoms with van der Waals surface area (Å²) in [7, 11) is -2.52. The van der Waals surface area contributed by atoms with Crippen molar-refractivity contribution < 1.29 is 22.7 Å². The van der Waals surface area contributed by atoms with Crippen molar-refractivity contribution in [2.75, 3.05) is 17.7 Å². The third kappa shape index (κ3) is 5.88. The van der Waals surface area contributed by atoms with Gasteiger partial charge in [-0.2, -0.15) is 4.72 Å². The summed E-state index contributed by atoms with van der Waals surface area (Å²) in [4.78, 5) is 24.5. The van der Waals surface area contributed by atoms with E-state index in [1.807, 2.05) is 24.3 Å². The molecule has 0 radical (unpaired) electrons. The van der Waals surface area contributed by atoms with Crippen molar-refractivity contribution in [2.24, 2.45) is 5.92 Å². The number of sulfonamides is 1. The number of benzene rings is 3. The van der Waals surface area contributed by atoms with Gasteiger partial charge in [-0.3, -0.25) is 9.59 Å². The number of ether oxygens (including phenoxy) is 1. The predicted octanol–water partition coefficient (Wildman–Crippen LogP) is 3.75. The number of nitrogens with one attached hydrogen (secondary N) is 3. The van der Waals surface area contributed by atoms with Gasteiger partial charge >= 0.3 is 0 Å². The van der Waals surface area contributed by atoms with E-state index in [1.54, 1.807) is 44.2 Å². The van der Waals surface area contributed by atoms with E-state index in [4.69, 9.17) is 4.74 Å². The average Bonchev–Trinajstić information content (AvgIpc) is 2.76. The summed E-state index contributed by atoms with van der Waals surface area (Å²) >= 11 is 0. The molecule has 0 aliphatic rings. The topological polar surface area (TPSA) is 114 Å². The Morgan fingerprint density at radius 1 is 0.909 bits per heavy atom. The van der Waals surface area contributed by atoms with Gasteiger partial charge in [0.15, 0.2) is 0 Å². The van der Waals surface area contributed by atoms with Gasteiger partial charge in [0.2, 0.25) is 21.8 Å². The fourth-order valence-electron chi connectivity index (χ4n) is 3.36. The number of methoxy groups -OCH3 is 1. The molecule has 3 rings (SSSR count). The van der Waals surface area contributed by atoms with Gasteiger partial charge in [-0.05, 0) is 47.0 Å². The molecule has 0 saturated heterocycles.